The molecule has 0 atom stereocenters. The van der Waals surface area contributed by atoms with Gasteiger partial charge in [-0.15, -0.1) is 0 Å². The monoisotopic (exact) mass is 143 g/mol. The summed E-state index contributed by atoms with van der Waals surface area (Å²) in [7, 11) is 0. The van der Waals surface area contributed by atoms with Gasteiger partial charge in [-0.05, 0) is 5.92 Å². The van der Waals surface area contributed by atoms with Crippen LogP contribution in [0.25, 0.3) is 0 Å². The van der Waals surface area contributed by atoms with Gasteiger partial charge in [0.2, 0.25) is 0 Å². The summed E-state index contributed by atoms with van der Waals surface area (Å²) < 4.78 is 0. The maximum Gasteiger partial charge on any atom is 0.304 e. The van der Waals surface area contributed by atoms with Crippen molar-refractivity contribution in [1.29, 1.82) is 0 Å². The van der Waals surface area contributed by atoms with Gasteiger partial charge in [-0.3, -0.25) is 4.79 Å². The van der Waals surface area contributed by atoms with Crippen LogP contribution in [0.4, 0.5) is 0 Å². The fraction of sp³-hybridized carbons (Fsp3) is 0.400. The Kier molecular flexibility index (Phi) is 3.64. The third-order valence-electron chi connectivity index (χ3n) is 0.634. The van der Waals surface area contributed by atoms with Crippen molar-refractivity contribution in [3.8, 4) is 12.0 Å². The summed E-state index contributed by atoms with van der Waals surface area (Å²) in [4.78, 5) is 18.5. The van der Waals surface area contributed by atoms with Gasteiger partial charge in [-0.2, -0.15) is 0 Å². The van der Waals surface area contributed by atoms with Crippen LogP contribution in [-0.4, -0.2) is 16.0 Å². The zero-order valence-electron chi connectivity index (χ0n) is 5.03. The summed E-state index contributed by atoms with van der Waals surface area (Å²) >= 11 is 0. The molecule has 0 radical (unpaired) electrons. The van der Waals surface area contributed by atoms with E-state index in [0.717, 1.165) is 0 Å². The summed E-state index contributed by atoms with van der Waals surface area (Å²) in [6.45, 7) is 0. The van der Waals surface area contributed by atoms with Crippen LogP contribution in [0.2, 0.25) is 0 Å². The van der Waals surface area contributed by atoms with E-state index in [1.165, 1.54) is 0 Å². The summed E-state index contributed by atoms with van der Waals surface area (Å²) in [5.41, 5.74) is 0. The second-order valence-corrected chi connectivity index (χ2v) is 1.44. The minimum atomic E-state index is -1.00. The highest BCUT2D eigenvalue weighted by molar-refractivity contribution is 5.66. The smallest absolute Gasteiger partial charge is 0.304 e. The van der Waals surface area contributed by atoms with Crippen molar-refractivity contribution >= 4 is 5.97 Å². The minimum absolute atomic E-state index is 0.0241. The topological polar surface area (TPSA) is 80.4 Å². The summed E-state index contributed by atoms with van der Waals surface area (Å²) in [5.74, 6) is 1.08. The van der Waals surface area contributed by atoms with E-state index < -0.39 is 10.9 Å². The molecule has 0 amide bonds. The number of nitrogens with zero attached hydrogens (tertiary/aromatic N) is 1. The van der Waals surface area contributed by atoms with Crippen molar-refractivity contribution in [2.24, 2.45) is 0 Å². The first-order valence-electron chi connectivity index (χ1n) is 2.47. The normalized spacial score (nSPS) is 7.60. The molecule has 5 heteroatoms. The molecule has 0 unspecified atom stereocenters. The van der Waals surface area contributed by atoms with Gasteiger partial charge in [0.1, 0.15) is 4.92 Å². The van der Waals surface area contributed by atoms with Crippen molar-refractivity contribution in [2.75, 3.05) is 0 Å². The standard InChI is InChI=1S/C5H5NO4/c7-5(8)3-1-2-4-6(9)10/h1,3H2,(H,7,8). The van der Waals surface area contributed by atoms with Crippen molar-refractivity contribution in [3.05, 3.63) is 10.1 Å². The average molecular weight is 143 g/mol. The lowest BCUT2D eigenvalue weighted by molar-refractivity contribution is -0.379. The molecule has 0 heterocycles. The maximum absolute atomic E-state index is 9.81. The Morgan fingerprint density at radius 3 is 2.70 bits per heavy atom. The zero-order chi connectivity index (χ0) is 7.98. The number of carbonyl (C=O) groups is 1. The molecule has 0 aliphatic carbocycles. The molecule has 0 aliphatic heterocycles. The molecule has 0 bridgehead atoms. The molecule has 54 valence electrons. The van der Waals surface area contributed by atoms with Gasteiger partial charge in [0, 0.05) is 6.42 Å². The van der Waals surface area contributed by atoms with Crippen molar-refractivity contribution in [3.63, 3.8) is 0 Å². The number of carboxylic acids is 1. The largest absolute Gasteiger partial charge is 0.481 e. The molecule has 0 aromatic carbocycles. The predicted octanol–water partition coefficient (Wildman–Crippen LogP) is 0.0888. The number of nitro groups is 1. The average Bonchev–Trinajstić information content (AvgIpc) is 1.79. The molecule has 0 fully saturated rings. The second-order valence-electron chi connectivity index (χ2n) is 1.44. The highest BCUT2D eigenvalue weighted by atomic mass is 16.6. The zero-order valence-corrected chi connectivity index (χ0v) is 5.03. The number of hydrogen-bond acceptors (Lipinski definition) is 3. The molecule has 0 saturated heterocycles. The first-order chi connectivity index (χ1) is 4.63. The molecule has 0 aromatic rings. The van der Waals surface area contributed by atoms with E-state index in [9.17, 15) is 14.9 Å². The van der Waals surface area contributed by atoms with Crippen LogP contribution in [0, 0.1) is 22.1 Å². The van der Waals surface area contributed by atoms with E-state index in [1.54, 1.807) is 6.04 Å². The molecule has 0 spiro atoms. The van der Waals surface area contributed by atoms with Gasteiger partial charge in [-0.25, -0.2) is 10.1 Å². The van der Waals surface area contributed by atoms with Crippen LogP contribution in [0.1, 0.15) is 12.8 Å². The van der Waals surface area contributed by atoms with Crippen LogP contribution in [0.15, 0.2) is 0 Å². The van der Waals surface area contributed by atoms with Crippen LogP contribution in [0.5, 0.6) is 0 Å². The molecule has 0 aromatic heterocycles. The lowest BCUT2D eigenvalue weighted by Crippen LogP contribution is -1.92. The minimum Gasteiger partial charge on any atom is -0.481 e. The van der Waals surface area contributed by atoms with Crippen LogP contribution in [0.3, 0.4) is 0 Å². The Morgan fingerprint density at radius 2 is 2.30 bits per heavy atom. The van der Waals surface area contributed by atoms with Crippen LogP contribution in [-0.2, 0) is 4.79 Å². The van der Waals surface area contributed by atoms with E-state index in [4.69, 9.17) is 5.11 Å². The molecular formula is C5H5NO4. The number of carboxylic acid groups (broad SMARTS) is 1. The van der Waals surface area contributed by atoms with Crippen molar-refractivity contribution in [2.45, 2.75) is 12.8 Å². The van der Waals surface area contributed by atoms with Gasteiger partial charge in [0.25, 0.3) is 6.04 Å². The molecule has 0 saturated carbocycles. The predicted molar refractivity (Wildman–Crippen MR) is 31.6 cm³/mol. The van der Waals surface area contributed by atoms with Crippen molar-refractivity contribution < 1.29 is 14.8 Å². The third kappa shape index (κ3) is 6.43. The van der Waals surface area contributed by atoms with Gasteiger partial charge in [-0.1, -0.05) is 0 Å². The Bertz CT molecular complexity index is 199. The van der Waals surface area contributed by atoms with E-state index >= 15 is 0 Å². The highest BCUT2D eigenvalue weighted by Gasteiger charge is 1.92. The quantitative estimate of drug-likeness (QED) is 0.257. The number of aliphatic carboxylic acids is 1. The van der Waals surface area contributed by atoms with E-state index in [0.29, 0.717) is 0 Å². The fourth-order valence-corrected chi connectivity index (χ4v) is 0.290. The van der Waals surface area contributed by atoms with Gasteiger partial charge < -0.3 is 5.11 Å². The second kappa shape index (κ2) is 4.32. The van der Waals surface area contributed by atoms with Crippen LogP contribution < -0.4 is 0 Å². The van der Waals surface area contributed by atoms with Gasteiger partial charge in [0.15, 0.2) is 0 Å². The number of rotatable bonds is 2. The molecule has 1 N–H and O–H groups in total. The Morgan fingerprint density at radius 1 is 1.70 bits per heavy atom. The van der Waals surface area contributed by atoms with Gasteiger partial charge in [0.05, 0.1) is 6.42 Å². The van der Waals surface area contributed by atoms with E-state index in [2.05, 4.69) is 5.92 Å². The number of hydrogen-bond donors (Lipinski definition) is 1. The molecule has 0 rings (SSSR count). The van der Waals surface area contributed by atoms with E-state index in [1.807, 2.05) is 0 Å². The van der Waals surface area contributed by atoms with Gasteiger partial charge >= 0.3 is 5.97 Å². The fourth-order valence-electron chi connectivity index (χ4n) is 0.290. The molecule has 0 aliphatic rings. The molecular weight excluding hydrogens is 138 g/mol. The Hall–Kier alpha value is -1.57. The SMILES string of the molecule is O=C(O)CCC#C[N+](=O)[O-]. The van der Waals surface area contributed by atoms with E-state index in [-0.39, 0.29) is 12.8 Å². The Balaban J connectivity index is 3.48. The summed E-state index contributed by atoms with van der Waals surface area (Å²) in [5, 5.41) is 17.6. The molecule has 10 heavy (non-hydrogen) atoms. The highest BCUT2D eigenvalue weighted by Crippen LogP contribution is 1.84. The molecule has 5 nitrogen and oxygen atoms in total. The van der Waals surface area contributed by atoms with Crippen molar-refractivity contribution in [1.82, 2.24) is 0 Å². The summed E-state index contributed by atoms with van der Waals surface area (Å²) in [6, 6.07) is 1.61. The first-order valence-corrected chi connectivity index (χ1v) is 2.47. The maximum atomic E-state index is 9.81. The Labute approximate surface area is 56.8 Å². The van der Waals surface area contributed by atoms with Crippen LogP contribution >= 0.6 is 0 Å². The lowest BCUT2D eigenvalue weighted by atomic mass is 10.3. The summed E-state index contributed by atoms with van der Waals surface area (Å²) in [6.07, 6.45) is -0.128. The first kappa shape index (κ1) is 8.43. The lowest BCUT2D eigenvalue weighted by Gasteiger charge is -1.80. The third-order valence-corrected chi connectivity index (χ3v) is 0.634.